The van der Waals surface area contributed by atoms with E-state index in [1.807, 2.05) is 12.1 Å². The van der Waals surface area contributed by atoms with Crippen molar-refractivity contribution in [2.75, 3.05) is 0 Å². The van der Waals surface area contributed by atoms with Crippen molar-refractivity contribution in [2.24, 2.45) is 5.73 Å². The summed E-state index contributed by atoms with van der Waals surface area (Å²) in [6, 6.07) is 12.2. The van der Waals surface area contributed by atoms with Crippen molar-refractivity contribution in [1.82, 2.24) is 9.55 Å². The van der Waals surface area contributed by atoms with Gasteiger partial charge in [-0.3, -0.25) is 4.79 Å². The molecule has 24 heavy (non-hydrogen) atoms. The Morgan fingerprint density at radius 1 is 1.17 bits per heavy atom. The van der Waals surface area contributed by atoms with Gasteiger partial charge in [0.2, 0.25) is 5.91 Å². The summed E-state index contributed by atoms with van der Waals surface area (Å²) in [5, 5.41) is 0. The molecule has 1 fully saturated rings. The molecular formula is C19H18FN3O. The molecule has 4 rings (SSSR count). The zero-order chi connectivity index (χ0) is 16.7. The Labute approximate surface area is 139 Å². The van der Waals surface area contributed by atoms with Crippen LogP contribution in [0.3, 0.4) is 0 Å². The lowest BCUT2D eigenvalue weighted by Crippen LogP contribution is -2.10. The van der Waals surface area contributed by atoms with E-state index in [4.69, 9.17) is 10.7 Å². The number of nitrogens with two attached hydrogens (primary N) is 1. The number of rotatable bonds is 3. The normalized spacial score (nSPS) is 15.2. The summed E-state index contributed by atoms with van der Waals surface area (Å²) in [6.45, 7) is 0. The number of carbonyl (C=O) groups is 1. The lowest BCUT2D eigenvalue weighted by atomic mass is 10.1. The van der Waals surface area contributed by atoms with Crippen molar-refractivity contribution in [3.8, 4) is 11.4 Å². The van der Waals surface area contributed by atoms with Gasteiger partial charge in [0.25, 0.3) is 0 Å². The molecule has 3 aromatic rings. The van der Waals surface area contributed by atoms with Gasteiger partial charge in [0.1, 0.15) is 11.6 Å². The summed E-state index contributed by atoms with van der Waals surface area (Å²) in [6.07, 6.45) is 4.55. The zero-order valence-corrected chi connectivity index (χ0v) is 13.2. The van der Waals surface area contributed by atoms with Gasteiger partial charge in [-0.25, -0.2) is 9.37 Å². The largest absolute Gasteiger partial charge is 0.366 e. The highest BCUT2D eigenvalue weighted by Gasteiger charge is 2.23. The molecule has 5 heteroatoms. The molecule has 0 radical (unpaired) electrons. The number of amides is 1. The molecule has 2 N–H and O–H groups in total. The molecule has 0 unspecified atom stereocenters. The molecule has 2 aromatic carbocycles. The van der Waals surface area contributed by atoms with Crippen LogP contribution in [-0.2, 0) is 0 Å². The molecule has 4 nitrogen and oxygen atoms in total. The fraction of sp³-hybridized carbons (Fsp3) is 0.263. The summed E-state index contributed by atoms with van der Waals surface area (Å²) in [5.74, 6) is -0.00649. The third-order valence-corrected chi connectivity index (χ3v) is 4.75. The summed E-state index contributed by atoms with van der Waals surface area (Å²) < 4.78 is 15.9. The van der Waals surface area contributed by atoms with Crippen LogP contribution in [0.2, 0.25) is 0 Å². The van der Waals surface area contributed by atoms with Crippen LogP contribution in [0.5, 0.6) is 0 Å². The Balaban J connectivity index is 1.96. The number of carbonyl (C=O) groups excluding carboxylic acids is 1. The highest BCUT2D eigenvalue weighted by Crippen LogP contribution is 2.37. The standard InChI is InChI=1S/C19H18FN3O/c20-14-5-3-4-13(10-14)19-22-16-11-12(18(21)24)8-9-17(16)23(19)15-6-1-2-7-15/h3-5,8-11,15H,1-2,6-7H2,(H2,21,24). The Morgan fingerprint density at radius 2 is 1.96 bits per heavy atom. The average Bonchev–Trinajstić information content (AvgIpc) is 3.21. The first-order valence-electron chi connectivity index (χ1n) is 8.21. The van der Waals surface area contributed by atoms with Gasteiger partial charge in [-0.1, -0.05) is 25.0 Å². The Kier molecular flexibility index (Phi) is 3.56. The number of hydrogen-bond donors (Lipinski definition) is 1. The number of halogens is 1. The van der Waals surface area contributed by atoms with Gasteiger partial charge < -0.3 is 10.3 Å². The second-order valence-corrected chi connectivity index (χ2v) is 6.32. The smallest absolute Gasteiger partial charge is 0.248 e. The highest BCUT2D eigenvalue weighted by molar-refractivity contribution is 5.96. The Bertz CT molecular complexity index is 926. The fourth-order valence-electron chi connectivity index (χ4n) is 3.62. The monoisotopic (exact) mass is 323 g/mol. The van der Waals surface area contributed by atoms with Gasteiger partial charge in [-0.05, 0) is 43.2 Å². The van der Waals surface area contributed by atoms with Gasteiger partial charge in [0, 0.05) is 17.2 Å². The van der Waals surface area contributed by atoms with E-state index in [0.29, 0.717) is 11.6 Å². The molecule has 122 valence electrons. The molecule has 0 saturated heterocycles. The van der Waals surface area contributed by atoms with Crippen molar-refractivity contribution in [2.45, 2.75) is 31.7 Å². The molecule has 1 aliphatic carbocycles. The number of aromatic nitrogens is 2. The summed E-state index contributed by atoms with van der Waals surface area (Å²) in [4.78, 5) is 16.1. The minimum absolute atomic E-state index is 0.282. The van der Waals surface area contributed by atoms with Gasteiger partial charge >= 0.3 is 0 Å². The average molecular weight is 323 g/mol. The van der Waals surface area contributed by atoms with Gasteiger partial charge in [0.05, 0.1) is 11.0 Å². The van der Waals surface area contributed by atoms with Crippen LogP contribution in [0, 0.1) is 5.82 Å². The second-order valence-electron chi connectivity index (χ2n) is 6.32. The SMILES string of the molecule is NC(=O)c1ccc2c(c1)nc(-c1cccc(F)c1)n2C1CCCC1. The van der Waals surface area contributed by atoms with E-state index < -0.39 is 5.91 Å². The molecular weight excluding hydrogens is 305 g/mol. The zero-order valence-electron chi connectivity index (χ0n) is 13.2. The predicted molar refractivity (Wildman–Crippen MR) is 91.1 cm³/mol. The van der Waals surface area contributed by atoms with Gasteiger partial charge in [-0.2, -0.15) is 0 Å². The lowest BCUT2D eigenvalue weighted by Gasteiger charge is -2.16. The van der Waals surface area contributed by atoms with E-state index in [1.54, 1.807) is 18.2 Å². The maximum Gasteiger partial charge on any atom is 0.248 e. The van der Waals surface area contributed by atoms with Gasteiger partial charge in [-0.15, -0.1) is 0 Å². The third-order valence-electron chi connectivity index (χ3n) is 4.75. The Hall–Kier alpha value is -2.69. The molecule has 0 atom stereocenters. The maximum absolute atomic E-state index is 13.7. The Morgan fingerprint density at radius 3 is 2.67 bits per heavy atom. The summed E-state index contributed by atoms with van der Waals surface area (Å²) in [7, 11) is 0. The maximum atomic E-state index is 13.7. The van der Waals surface area contributed by atoms with E-state index in [1.165, 1.54) is 25.0 Å². The molecule has 0 aliphatic heterocycles. The van der Waals surface area contributed by atoms with E-state index in [2.05, 4.69) is 4.57 Å². The second kappa shape index (κ2) is 5.74. The lowest BCUT2D eigenvalue weighted by molar-refractivity contribution is 0.100. The van der Waals surface area contributed by atoms with Crippen LogP contribution in [-0.4, -0.2) is 15.5 Å². The minimum Gasteiger partial charge on any atom is -0.366 e. The van der Waals surface area contributed by atoms with Crippen LogP contribution in [0.25, 0.3) is 22.4 Å². The number of primary amides is 1. The van der Waals surface area contributed by atoms with E-state index in [0.717, 1.165) is 35.3 Å². The molecule has 1 saturated carbocycles. The molecule has 0 bridgehead atoms. The molecule has 1 amide bonds. The number of fused-ring (bicyclic) bond motifs is 1. The minimum atomic E-state index is -0.473. The van der Waals surface area contributed by atoms with Crippen LogP contribution < -0.4 is 5.73 Å². The third kappa shape index (κ3) is 2.46. The van der Waals surface area contributed by atoms with Crippen molar-refractivity contribution >= 4 is 16.9 Å². The van der Waals surface area contributed by atoms with E-state index in [9.17, 15) is 9.18 Å². The number of benzene rings is 2. The van der Waals surface area contributed by atoms with Gasteiger partial charge in [0.15, 0.2) is 0 Å². The van der Waals surface area contributed by atoms with Crippen LogP contribution in [0.1, 0.15) is 42.1 Å². The van der Waals surface area contributed by atoms with Crippen molar-refractivity contribution < 1.29 is 9.18 Å². The number of hydrogen-bond acceptors (Lipinski definition) is 2. The fourth-order valence-corrected chi connectivity index (χ4v) is 3.62. The highest BCUT2D eigenvalue weighted by atomic mass is 19.1. The predicted octanol–water partition coefficient (Wildman–Crippen LogP) is 4.06. The molecule has 1 aliphatic rings. The van der Waals surface area contributed by atoms with E-state index in [-0.39, 0.29) is 5.82 Å². The van der Waals surface area contributed by atoms with E-state index >= 15 is 0 Å². The molecule has 1 heterocycles. The van der Waals surface area contributed by atoms with Crippen molar-refractivity contribution in [1.29, 1.82) is 0 Å². The number of imidazole rings is 1. The summed E-state index contributed by atoms with van der Waals surface area (Å²) >= 11 is 0. The molecule has 0 spiro atoms. The van der Waals surface area contributed by atoms with Crippen LogP contribution in [0.15, 0.2) is 42.5 Å². The first-order valence-corrected chi connectivity index (χ1v) is 8.21. The van der Waals surface area contributed by atoms with Crippen LogP contribution >= 0.6 is 0 Å². The topological polar surface area (TPSA) is 60.9 Å². The first-order chi connectivity index (χ1) is 11.6. The van der Waals surface area contributed by atoms with Crippen molar-refractivity contribution in [3.63, 3.8) is 0 Å². The molecule has 1 aromatic heterocycles. The summed E-state index contributed by atoms with van der Waals surface area (Å²) in [5.41, 5.74) is 8.25. The first kappa shape index (κ1) is 14.9. The van der Waals surface area contributed by atoms with Crippen LogP contribution in [0.4, 0.5) is 4.39 Å². The quantitative estimate of drug-likeness (QED) is 0.790. The van der Waals surface area contributed by atoms with Crippen molar-refractivity contribution in [3.05, 3.63) is 53.8 Å². The number of nitrogens with zero attached hydrogens (tertiary/aromatic N) is 2.